The van der Waals surface area contributed by atoms with E-state index in [1.165, 1.54) is 27.6 Å². The molecule has 0 saturated carbocycles. The maximum Gasteiger partial charge on any atom is 0.416 e. The van der Waals surface area contributed by atoms with E-state index in [1.54, 1.807) is 30.9 Å². The number of aliphatic hydroxyl groups excluding tert-OH is 1. The van der Waals surface area contributed by atoms with E-state index >= 15 is 0 Å². The molecule has 3 aromatic heterocycles. The Labute approximate surface area is 226 Å². The zero-order chi connectivity index (χ0) is 27.9. The van der Waals surface area contributed by atoms with Crippen molar-refractivity contribution < 1.29 is 27.6 Å². The molecule has 39 heavy (non-hydrogen) atoms. The monoisotopic (exact) mass is 563 g/mol. The smallest absolute Gasteiger partial charge is 0.416 e. The van der Waals surface area contributed by atoms with Gasteiger partial charge in [-0.25, -0.2) is 14.5 Å². The predicted octanol–water partition coefficient (Wildman–Crippen LogP) is 2.83. The zero-order valence-electron chi connectivity index (χ0n) is 21.6. The van der Waals surface area contributed by atoms with Crippen molar-refractivity contribution >= 4 is 23.0 Å². The van der Waals surface area contributed by atoms with Crippen LogP contribution in [0.4, 0.5) is 19.0 Å². The summed E-state index contributed by atoms with van der Waals surface area (Å²) in [5.41, 5.74) is 2.09. The van der Waals surface area contributed by atoms with Crippen molar-refractivity contribution in [2.24, 2.45) is 0 Å². The number of morpholine rings is 1. The van der Waals surface area contributed by atoms with E-state index in [9.17, 15) is 22.8 Å². The Hall–Kier alpha value is -3.17. The van der Waals surface area contributed by atoms with E-state index in [4.69, 9.17) is 9.84 Å². The minimum absolute atomic E-state index is 0.0743. The largest absolute Gasteiger partial charge is 0.573 e. The summed E-state index contributed by atoms with van der Waals surface area (Å²) >= 11 is -1.49. The second kappa shape index (κ2) is 10.8. The Bertz CT molecular complexity index is 1480. The molecular formula is C25H28F3N7O3S. The summed E-state index contributed by atoms with van der Waals surface area (Å²) in [4.78, 5) is 11.1. The molecule has 1 unspecified atom stereocenters. The lowest BCUT2D eigenvalue weighted by Gasteiger charge is -2.28. The Balaban J connectivity index is 1.68. The first kappa shape index (κ1) is 27.4. The van der Waals surface area contributed by atoms with Crippen LogP contribution >= 0.6 is 0 Å². The van der Waals surface area contributed by atoms with Crippen LogP contribution in [0, 0.1) is 6.92 Å². The molecule has 1 N–H and O–H groups in total. The van der Waals surface area contributed by atoms with Gasteiger partial charge >= 0.3 is 6.18 Å². The van der Waals surface area contributed by atoms with Gasteiger partial charge in [0.1, 0.15) is 6.33 Å². The number of ether oxygens (including phenoxy) is 1. The third-order valence-corrected chi connectivity index (χ3v) is 7.86. The summed E-state index contributed by atoms with van der Waals surface area (Å²) in [6, 6.07) is 5.90. The van der Waals surface area contributed by atoms with E-state index < -0.39 is 29.9 Å². The van der Waals surface area contributed by atoms with Crippen LogP contribution in [0.15, 0.2) is 36.8 Å². The molecule has 4 heterocycles. The highest BCUT2D eigenvalue weighted by Gasteiger charge is 2.33. The maximum absolute atomic E-state index is 13.6. The number of aliphatic hydroxyl groups is 1. The van der Waals surface area contributed by atoms with E-state index in [2.05, 4.69) is 9.97 Å². The van der Waals surface area contributed by atoms with Crippen molar-refractivity contribution in [3.05, 3.63) is 64.9 Å². The molecule has 0 radical (unpaired) electrons. The molecule has 1 atom stereocenters. The third-order valence-electron chi connectivity index (χ3n) is 6.67. The lowest BCUT2D eigenvalue weighted by molar-refractivity contribution is -0.138. The summed E-state index contributed by atoms with van der Waals surface area (Å²) < 4.78 is 63.4. The average molecular weight is 564 g/mol. The molecule has 5 rings (SSSR count). The van der Waals surface area contributed by atoms with Gasteiger partial charge in [0.15, 0.2) is 23.0 Å². The number of benzene rings is 1. The molecule has 0 aliphatic carbocycles. The van der Waals surface area contributed by atoms with Crippen molar-refractivity contribution in [3.8, 4) is 11.3 Å². The molecule has 4 aromatic rings. The second-order valence-corrected chi connectivity index (χ2v) is 11.0. The Morgan fingerprint density at radius 3 is 2.62 bits per heavy atom. The number of fused-ring (bicyclic) bond motifs is 1. The molecule has 0 amide bonds. The van der Waals surface area contributed by atoms with E-state index in [1.807, 2.05) is 11.0 Å². The van der Waals surface area contributed by atoms with Crippen molar-refractivity contribution in [1.82, 2.24) is 27.9 Å². The lowest BCUT2D eigenvalue weighted by Crippen LogP contribution is -2.37. The fraction of sp³-hybridized carbons (Fsp3) is 0.400. The van der Waals surface area contributed by atoms with Gasteiger partial charge in [-0.15, -0.1) is 13.4 Å². The minimum Gasteiger partial charge on any atom is -0.573 e. The summed E-state index contributed by atoms with van der Waals surface area (Å²) in [7, 11) is 3.36. The number of halogens is 3. The summed E-state index contributed by atoms with van der Waals surface area (Å²) in [6.45, 7) is 3.25. The van der Waals surface area contributed by atoms with E-state index in [0.29, 0.717) is 66.0 Å². The highest BCUT2D eigenvalue weighted by molar-refractivity contribution is 7.87. The third kappa shape index (κ3) is 5.34. The van der Waals surface area contributed by atoms with Gasteiger partial charge in [-0.3, -0.25) is 0 Å². The van der Waals surface area contributed by atoms with Gasteiger partial charge in [0, 0.05) is 33.6 Å². The number of aromatic nitrogens is 5. The van der Waals surface area contributed by atoms with E-state index in [0.717, 1.165) is 6.07 Å². The first-order valence-corrected chi connectivity index (χ1v) is 13.3. The van der Waals surface area contributed by atoms with Crippen LogP contribution in [0.25, 0.3) is 16.9 Å². The summed E-state index contributed by atoms with van der Waals surface area (Å²) in [5, 5.41) is 15.0. The summed E-state index contributed by atoms with van der Waals surface area (Å²) in [6.07, 6.45) is -1.32. The van der Waals surface area contributed by atoms with Crippen molar-refractivity contribution in [1.29, 1.82) is 0 Å². The lowest BCUT2D eigenvalue weighted by atomic mass is 9.98. The normalized spacial score (nSPS) is 15.5. The molecule has 1 saturated heterocycles. The van der Waals surface area contributed by atoms with Crippen LogP contribution in [0.1, 0.15) is 28.1 Å². The van der Waals surface area contributed by atoms with Gasteiger partial charge in [0.05, 0.1) is 54.2 Å². The first-order valence-electron chi connectivity index (χ1n) is 12.2. The number of nitrogens with zero attached hydrogens (tertiary/aromatic N) is 7. The highest BCUT2D eigenvalue weighted by atomic mass is 32.2. The number of anilines is 1. The fourth-order valence-corrected chi connectivity index (χ4v) is 5.31. The van der Waals surface area contributed by atoms with Crippen molar-refractivity contribution in [2.45, 2.75) is 26.1 Å². The van der Waals surface area contributed by atoms with Crippen LogP contribution in [0.2, 0.25) is 0 Å². The Kier molecular flexibility index (Phi) is 7.57. The average Bonchev–Trinajstić information content (AvgIpc) is 3.54. The van der Waals surface area contributed by atoms with Gasteiger partial charge in [-0.05, 0) is 30.2 Å². The quantitative estimate of drug-likeness (QED) is 0.342. The number of alkyl halides is 3. The molecule has 1 fully saturated rings. The molecule has 208 valence electrons. The maximum atomic E-state index is 13.6. The topological polar surface area (TPSA) is 107 Å². The Morgan fingerprint density at radius 2 is 1.95 bits per heavy atom. The predicted molar refractivity (Wildman–Crippen MR) is 139 cm³/mol. The molecular weight excluding hydrogens is 535 g/mol. The van der Waals surface area contributed by atoms with Gasteiger partial charge in [0.25, 0.3) is 0 Å². The van der Waals surface area contributed by atoms with Crippen molar-refractivity contribution in [3.63, 3.8) is 0 Å². The van der Waals surface area contributed by atoms with Crippen LogP contribution in [-0.4, -0.2) is 77.9 Å². The number of imidazole rings is 2. The molecule has 0 bridgehead atoms. The zero-order valence-corrected chi connectivity index (χ0v) is 22.5. The molecule has 0 spiro atoms. The standard InChI is InChI=1S/C25H28F3N7O3S/c1-16-17(5-4-6-19(16)25(26,27)28)11-22-21(14-36)30-24-18(20-13-34(15-29-20)39(37)32(2)3)12-23(31-35(22)24)33-7-9-38-10-8-33/h4-6,12-13,15,36H,7-11,14H2,1-3H3. The van der Waals surface area contributed by atoms with Gasteiger partial charge in [0.2, 0.25) is 0 Å². The number of hydrogen-bond donors (Lipinski definition) is 1. The van der Waals surface area contributed by atoms with Gasteiger partial charge < -0.3 is 19.3 Å². The molecule has 14 heteroatoms. The summed E-state index contributed by atoms with van der Waals surface area (Å²) in [5.74, 6) is 0.605. The SMILES string of the molecule is Cc1c(Cc2c(CO)nc3c(-c4cn([S+]([O-])N(C)C)cn4)cc(N4CCOCC4)nn23)cccc1C(F)(F)F. The van der Waals surface area contributed by atoms with Crippen LogP contribution < -0.4 is 4.90 Å². The van der Waals surface area contributed by atoms with Crippen LogP contribution in [-0.2, 0) is 35.5 Å². The molecule has 1 aromatic carbocycles. The van der Waals surface area contributed by atoms with Crippen LogP contribution in [0.3, 0.4) is 0 Å². The minimum atomic E-state index is -4.49. The first-order chi connectivity index (χ1) is 18.6. The molecule has 1 aliphatic heterocycles. The van der Waals surface area contributed by atoms with E-state index in [-0.39, 0.29) is 12.0 Å². The van der Waals surface area contributed by atoms with Gasteiger partial charge in [-0.2, -0.15) is 13.2 Å². The highest BCUT2D eigenvalue weighted by Crippen LogP contribution is 2.35. The van der Waals surface area contributed by atoms with Crippen molar-refractivity contribution in [2.75, 3.05) is 45.3 Å². The second-order valence-electron chi connectivity index (χ2n) is 9.34. The molecule has 1 aliphatic rings. The Morgan fingerprint density at radius 1 is 1.21 bits per heavy atom. The van der Waals surface area contributed by atoms with Gasteiger partial charge in [-0.1, -0.05) is 12.1 Å². The number of rotatable bonds is 7. The fourth-order valence-electron chi connectivity index (χ4n) is 4.62. The molecule has 10 nitrogen and oxygen atoms in total. The van der Waals surface area contributed by atoms with Crippen LogP contribution in [0.5, 0.6) is 0 Å². The number of hydrogen-bond acceptors (Lipinski definition) is 8.